The van der Waals surface area contributed by atoms with E-state index >= 15 is 0 Å². The van der Waals surface area contributed by atoms with Gasteiger partial charge >= 0.3 is 0 Å². The monoisotopic (exact) mass is 319 g/mol. The number of halogens is 2. The van der Waals surface area contributed by atoms with E-state index in [0.717, 1.165) is 10.2 Å². The van der Waals surface area contributed by atoms with Crippen LogP contribution in [0.15, 0.2) is 36.4 Å². The Bertz CT molecular complexity index is 836. The van der Waals surface area contributed by atoms with E-state index in [4.69, 9.17) is 28.5 Å². The van der Waals surface area contributed by atoms with Crippen LogP contribution in [-0.4, -0.2) is 4.98 Å². The molecule has 0 unspecified atom stereocenters. The lowest BCUT2D eigenvalue weighted by atomic mass is 10.2. The minimum absolute atomic E-state index is 0.409. The molecule has 1 N–H and O–H groups in total. The lowest BCUT2D eigenvalue weighted by Gasteiger charge is -2.05. The van der Waals surface area contributed by atoms with Crippen molar-refractivity contribution in [2.24, 2.45) is 0 Å². The number of nitrogens with one attached hydrogen (secondary N) is 1. The summed E-state index contributed by atoms with van der Waals surface area (Å²) in [6, 6.07) is 12.9. The van der Waals surface area contributed by atoms with Gasteiger partial charge in [0.2, 0.25) is 0 Å². The van der Waals surface area contributed by atoms with E-state index in [1.54, 1.807) is 24.3 Å². The molecule has 1 aromatic heterocycles. The number of fused-ring (bicyclic) bond motifs is 1. The Hall–Kier alpha value is -1.80. The smallest absolute Gasteiger partial charge is 0.188 e. The molecule has 0 spiro atoms. The average Bonchev–Trinajstić information content (AvgIpc) is 2.80. The predicted octanol–water partition coefficient (Wildman–Crippen LogP) is 5.22. The van der Waals surface area contributed by atoms with Gasteiger partial charge in [0.1, 0.15) is 6.07 Å². The van der Waals surface area contributed by atoms with Crippen LogP contribution in [0.5, 0.6) is 0 Å². The van der Waals surface area contributed by atoms with E-state index in [2.05, 4.69) is 16.4 Å². The van der Waals surface area contributed by atoms with Gasteiger partial charge in [0, 0.05) is 5.02 Å². The van der Waals surface area contributed by atoms with Gasteiger partial charge in [-0.2, -0.15) is 5.26 Å². The summed E-state index contributed by atoms with van der Waals surface area (Å²) in [5, 5.41) is 14.1. The van der Waals surface area contributed by atoms with Crippen LogP contribution in [0, 0.1) is 11.3 Å². The van der Waals surface area contributed by atoms with Crippen LogP contribution in [0.25, 0.3) is 10.2 Å². The van der Waals surface area contributed by atoms with Crippen molar-refractivity contribution < 1.29 is 0 Å². The lowest BCUT2D eigenvalue weighted by molar-refractivity contribution is 1.42. The molecule has 1 heterocycles. The molecular formula is C14H7Cl2N3S. The number of hydrogen-bond acceptors (Lipinski definition) is 4. The summed E-state index contributed by atoms with van der Waals surface area (Å²) in [6.07, 6.45) is 0. The first kappa shape index (κ1) is 13.2. The van der Waals surface area contributed by atoms with E-state index in [1.165, 1.54) is 11.3 Å². The zero-order valence-corrected chi connectivity index (χ0v) is 12.4. The third-order valence-electron chi connectivity index (χ3n) is 2.72. The van der Waals surface area contributed by atoms with Crippen molar-refractivity contribution in [1.82, 2.24) is 4.98 Å². The maximum Gasteiger partial charge on any atom is 0.188 e. The van der Waals surface area contributed by atoms with E-state index < -0.39 is 0 Å². The van der Waals surface area contributed by atoms with Gasteiger partial charge in [-0.25, -0.2) is 4.98 Å². The van der Waals surface area contributed by atoms with Gasteiger partial charge in [-0.3, -0.25) is 0 Å². The highest BCUT2D eigenvalue weighted by atomic mass is 35.5. The maximum absolute atomic E-state index is 9.14. The number of anilines is 2. The highest BCUT2D eigenvalue weighted by molar-refractivity contribution is 7.22. The number of nitrogens with zero attached hydrogens (tertiary/aromatic N) is 2. The van der Waals surface area contributed by atoms with Gasteiger partial charge in [-0.05, 0) is 30.3 Å². The zero-order chi connectivity index (χ0) is 14.1. The van der Waals surface area contributed by atoms with Crippen LogP contribution in [0.3, 0.4) is 0 Å². The van der Waals surface area contributed by atoms with Crippen molar-refractivity contribution in [2.45, 2.75) is 0 Å². The molecule has 0 amide bonds. The first-order chi connectivity index (χ1) is 9.67. The van der Waals surface area contributed by atoms with Gasteiger partial charge in [0.15, 0.2) is 5.13 Å². The van der Waals surface area contributed by atoms with Crippen LogP contribution in [0.4, 0.5) is 10.8 Å². The summed E-state index contributed by atoms with van der Waals surface area (Å²) in [7, 11) is 0. The molecule has 3 rings (SSSR count). The fraction of sp³-hybridized carbons (Fsp3) is 0. The number of hydrogen-bond donors (Lipinski definition) is 1. The normalized spacial score (nSPS) is 10.4. The van der Waals surface area contributed by atoms with Gasteiger partial charge in [0.25, 0.3) is 0 Å². The molecule has 3 nitrogen and oxygen atoms in total. The fourth-order valence-corrected chi connectivity index (χ4v) is 3.18. The number of aromatic nitrogens is 1. The van der Waals surface area contributed by atoms with Crippen molar-refractivity contribution in [3.8, 4) is 6.07 Å². The van der Waals surface area contributed by atoms with Crippen molar-refractivity contribution in [1.29, 1.82) is 5.26 Å². The van der Waals surface area contributed by atoms with Crippen LogP contribution in [0.1, 0.15) is 5.56 Å². The molecule has 0 bridgehead atoms. The second kappa shape index (κ2) is 5.29. The summed E-state index contributed by atoms with van der Waals surface area (Å²) in [4.78, 5) is 4.45. The second-order valence-corrected chi connectivity index (χ2v) is 5.90. The molecule has 0 saturated carbocycles. The standard InChI is InChI=1S/C14H7Cl2N3S/c15-8-4-5-12-13(6-8)20-14(19-12)18-11-3-1-2-10(16)9(11)7-17/h1-6H,(H,18,19). The molecule has 0 fully saturated rings. The Morgan fingerprint density at radius 1 is 1.20 bits per heavy atom. The molecule has 20 heavy (non-hydrogen) atoms. The number of benzene rings is 2. The summed E-state index contributed by atoms with van der Waals surface area (Å²) in [5.41, 5.74) is 1.92. The molecule has 0 atom stereocenters. The molecular weight excluding hydrogens is 313 g/mol. The first-order valence-electron chi connectivity index (χ1n) is 5.69. The molecule has 0 aliphatic rings. The van der Waals surface area contributed by atoms with Gasteiger partial charge in [-0.15, -0.1) is 0 Å². The third-order valence-corrected chi connectivity index (χ3v) is 4.20. The molecule has 0 saturated heterocycles. The maximum atomic E-state index is 9.14. The first-order valence-corrected chi connectivity index (χ1v) is 7.26. The van der Waals surface area contributed by atoms with Crippen LogP contribution < -0.4 is 5.32 Å². The topological polar surface area (TPSA) is 48.7 Å². The molecule has 3 aromatic rings. The molecule has 98 valence electrons. The Morgan fingerprint density at radius 3 is 2.85 bits per heavy atom. The Labute approximate surface area is 129 Å². The molecule has 2 aromatic carbocycles. The predicted molar refractivity (Wildman–Crippen MR) is 84.1 cm³/mol. The number of rotatable bonds is 2. The highest BCUT2D eigenvalue weighted by Crippen LogP contribution is 2.32. The zero-order valence-electron chi connectivity index (χ0n) is 10.0. The van der Waals surface area contributed by atoms with E-state index in [0.29, 0.717) is 26.4 Å². The van der Waals surface area contributed by atoms with Crippen LogP contribution in [-0.2, 0) is 0 Å². The van der Waals surface area contributed by atoms with E-state index in [9.17, 15) is 0 Å². The summed E-state index contributed by atoms with van der Waals surface area (Å²) < 4.78 is 0.987. The molecule has 0 aliphatic heterocycles. The number of nitriles is 1. The Balaban J connectivity index is 2.02. The minimum atomic E-state index is 0.409. The minimum Gasteiger partial charge on any atom is -0.330 e. The molecule has 0 aliphatic carbocycles. The Kier molecular flexibility index (Phi) is 3.49. The summed E-state index contributed by atoms with van der Waals surface area (Å²) >= 11 is 13.4. The summed E-state index contributed by atoms with van der Waals surface area (Å²) in [6.45, 7) is 0. The van der Waals surface area contributed by atoms with Crippen molar-refractivity contribution in [2.75, 3.05) is 5.32 Å². The third kappa shape index (κ3) is 2.44. The summed E-state index contributed by atoms with van der Waals surface area (Å²) in [5.74, 6) is 0. The highest BCUT2D eigenvalue weighted by Gasteiger charge is 2.09. The Morgan fingerprint density at radius 2 is 2.05 bits per heavy atom. The average molecular weight is 320 g/mol. The second-order valence-electron chi connectivity index (χ2n) is 4.03. The van der Waals surface area contributed by atoms with Gasteiger partial charge in [-0.1, -0.05) is 40.6 Å². The van der Waals surface area contributed by atoms with Crippen LogP contribution in [0.2, 0.25) is 10.0 Å². The lowest BCUT2D eigenvalue weighted by Crippen LogP contribution is -1.93. The molecule has 6 heteroatoms. The quantitative estimate of drug-likeness (QED) is 0.704. The van der Waals surface area contributed by atoms with Crippen molar-refractivity contribution in [3.63, 3.8) is 0 Å². The van der Waals surface area contributed by atoms with Gasteiger partial charge in [0.05, 0.1) is 26.5 Å². The largest absolute Gasteiger partial charge is 0.330 e. The SMILES string of the molecule is N#Cc1c(Cl)cccc1Nc1nc2ccc(Cl)cc2s1. The van der Waals surface area contributed by atoms with Crippen molar-refractivity contribution >= 4 is 55.6 Å². The van der Waals surface area contributed by atoms with Gasteiger partial charge < -0.3 is 5.32 Å². The van der Waals surface area contributed by atoms with Crippen molar-refractivity contribution in [3.05, 3.63) is 52.0 Å². The molecule has 0 radical (unpaired) electrons. The number of thiazole rings is 1. The van der Waals surface area contributed by atoms with E-state index in [-0.39, 0.29) is 0 Å². The fourth-order valence-electron chi connectivity index (χ4n) is 1.81. The van der Waals surface area contributed by atoms with Crippen LogP contribution >= 0.6 is 34.5 Å². The van der Waals surface area contributed by atoms with E-state index in [1.807, 2.05) is 12.1 Å².